The van der Waals surface area contributed by atoms with Crippen LogP contribution in [-0.2, 0) is 6.54 Å². The van der Waals surface area contributed by atoms with Crippen LogP contribution in [0.3, 0.4) is 0 Å². The van der Waals surface area contributed by atoms with Gasteiger partial charge in [-0.05, 0) is 25.1 Å². The number of likely N-dealkylation sites (N-methyl/N-ethyl adjacent to an activating group) is 1. The molecule has 0 aliphatic rings. The van der Waals surface area contributed by atoms with Gasteiger partial charge in [0.05, 0.1) is 6.54 Å². The molecule has 0 bridgehead atoms. The highest BCUT2D eigenvalue weighted by Gasteiger charge is 2.01. The number of terminal acetylenes is 1. The lowest BCUT2D eigenvalue weighted by atomic mass is 10.1. The van der Waals surface area contributed by atoms with Crippen molar-refractivity contribution in [2.75, 3.05) is 26.7 Å². The maximum absolute atomic E-state index is 5.16. The molecular weight excluding hydrogens is 196 g/mol. The van der Waals surface area contributed by atoms with Crippen molar-refractivity contribution in [3.05, 3.63) is 35.4 Å². The van der Waals surface area contributed by atoms with Gasteiger partial charge < -0.3 is 10.2 Å². The second kappa shape index (κ2) is 7.05. The van der Waals surface area contributed by atoms with Crippen LogP contribution in [-0.4, -0.2) is 31.6 Å². The van der Waals surface area contributed by atoms with E-state index in [0.29, 0.717) is 6.54 Å². The number of hydrogen-bond donors (Lipinski definition) is 1. The Balaban J connectivity index is 2.32. The van der Waals surface area contributed by atoms with Gasteiger partial charge in [0.1, 0.15) is 0 Å². The summed E-state index contributed by atoms with van der Waals surface area (Å²) in [7, 11) is 2.13. The topological polar surface area (TPSA) is 15.3 Å². The molecule has 0 saturated heterocycles. The van der Waals surface area contributed by atoms with E-state index in [4.69, 9.17) is 6.42 Å². The quantitative estimate of drug-likeness (QED) is 0.574. The summed E-state index contributed by atoms with van der Waals surface area (Å²) < 4.78 is 0. The van der Waals surface area contributed by atoms with Crippen LogP contribution in [0.1, 0.15) is 11.1 Å². The smallest absolute Gasteiger partial charge is 0.0574 e. The van der Waals surface area contributed by atoms with E-state index in [-0.39, 0.29) is 0 Å². The molecule has 1 N–H and O–H groups in total. The Morgan fingerprint density at radius 1 is 1.38 bits per heavy atom. The van der Waals surface area contributed by atoms with Crippen LogP contribution in [0.25, 0.3) is 0 Å². The van der Waals surface area contributed by atoms with Crippen LogP contribution in [0, 0.1) is 19.3 Å². The van der Waals surface area contributed by atoms with Crippen LogP contribution in [0.15, 0.2) is 24.3 Å². The first-order chi connectivity index (χ1) is 7.74. The van der Waals surface area contributed by atoms with Gasteiger partial charge in [-0.2, -0.15) is 0 Å². The number of hydrogen-bond acceptors (Lipinski definition) is 2. The van der Waals surface area contributed by atoms with E-state index in [1.165, 1.54) is 11.1 Å². The zero-order valence-corrected chi connectivity index (χ0v) is 10.2. The Kier molecular flexibility index (Phi) is 5.63. The third-order valence-corrected chi connectivity index (χ3v) is 2.60. The van der Waals surface area contributed by atoms with Crippen molar-refractivity contribution in [2.45, 2.75) is 13.5 Å². The third kappa shape index (κ3) is 4.48. The highest BCUT2D eigenvalue weighted by Crippen LogP contribution is 2.08. The Hall–Kier alpha value is -1.30. The molecule has 1 aromatic rings. The number of nitrogens with one attached hydrogen (secondary N) is 1. The second-order valence-electron chi connectivity index (χ2n) is 4.05. The molecule has 0 spiro atoms. The normalized spacial score (nSPS) is 10.4. The Morgan fingerprint density at radius 2 is 2.12 bits per heavy atom. The first-order valence-electron chi connectivity index (χ1n) is 5.61. The van der Waals surface area contributed by atoms with Gasteiger partial charge in [-0.15, -0.1) is 6.42 Å². The van der Waals surface area contributed by atoms with Gasteiger partial charge >= 0.3 is 0 Å². The summed E-state index contributed by atoms with van der Waals surface area (Å²) in [6.45, 7) is 5.74. The van der Waals surface area contributed by atoms with Gasteiger partial charge in [-0.25, -0.2) is 0 Å². The fourth-order valence-electron chi connectivity index (χ4n) is 1.59. The largest absolute Gasteiger partial charge is 0.305 e. The summed E-state index contributed by atoms with van der Waals surface area (Å²) in [5.41, 5.74) is 2.74. The van der Waals surface area contributed by atoms with E-state index in [1.54, 1.807) is 0 Å². The summed E-state index contributed by atoms with van der Waals surface area (Å²) in [4.78, 5) is 2.30. The van der Waals surface area contributed by atoms with Crippen LogP contribution < -0.4 is 5.32 Å². The molecule has 0 saturated carbocycles. The molecule has 0 amide bonds. The molecule has 16 heavy (non-hydrogen) atoms. The van der Waals surface area contributed by atoms with Crippen molar-refractivity contribution in [3.8, 4) is 12.3 Å². The van der Waals surface area contributed by atoms with Crippen molar-refractivity contribution in [1.82, 2.24) is 10.2 Å². The van der Waals surface area contributed by atoms with Crippen molar-refractivity contribution in [1.29, 1.82) is 0 Å². The number of nitrogens with zero attached hydrogens (tertiary/aromatic N) is 1. The molecule has 0 aromatic heterocycles. The molecule has 1 aromatic carbocycles. The molecule has 86 valence electrons. The number of rotatable bonds is 6. The summed E-state index contributed by atoms with van der Waals surface area (Å²) in [6, 6.07) is 8.50. The maximum atomic E-state index is 5.16. The highest BCUT2D eigenvalue weighted by atomic mass is 15.1. The molecule has 0 atom stereocenters. The first-order valence-corrected chi connectivity index (χ1v) is 5.61. The molecule has 2 nitrogen and oxygen atoms in total. The predicted octanol–water partition coefficient (Wildman–Crippen LogP) is 1.65. The van der Waals surface area contributed by atoms with E-state index in [9.17, 15) is 0 Å². The average Bonchev–Trinajstić information content (AvgIpc) is 2.28. The number of benzene rings is 1. The van der Waals surface area contributed by atoms with E-state index in [2.05, 4.69) is 54.4 Å². The monoisotopic (exact) mass is 216 g/mol. The van der Waals surface area contributed by atoms with Crippen LogP contribution in [0.4, 0.5) is 0 Å². The minimum Gasteiger partial charge on any atom is -0.305 e. The van der Waals surface area contributed by atoms with E-state index in [1.807, 2.05) is 0 Å². The molecule has 2 heteroatoms. The van der Waals surface area contributed by atoms with Crippen LogP contribution in [0.2, 0.25) is 0 Å². The Bertz CT molecular complexity index is 352. The molecule has 0 fully saturated rings. The molecule has 1 rings (SSSR count). The predicted molar refractivity (Wildman–Crippen MR) is 69.2 cm³/mol. The second-order valence-corrected chi connectivity index (χ2v) is 4.05. The summed E-state index contributed by atoms with van der Waals surface area (Å²) in [5.74, 6) is 2.57. The zero-order chi connectivity index (χ0) is 11.8. The minimum absolute atomic E-state index is 0.651. The van der Waals surface area contributed by atoms with Crippen molar-refractivity contribution < 1.29 is 0 Å². The number of aryl methyl sites for hydroxylation is 1. The molecule has 0 heterocycles. The van der Waals surface area contributed by atoms with Gasteiger partial charge in [0.25, 0.3) is 0 Å². The van der Waals surface area contributed by atoms with E-state index < -0.39 is 0 Å². The van der Waals surface area contributed by atoms with E-state index >= 15 is 0 Å². The van der Waals surface area contributed by atoms with Gasteiger partial charge in [-0.3, -0.25) is 0 Å². The fourth-order valence-corrected chi connectivity index (χ4v) is 1.59. The molecule has 0 radical (unpaired) electrons. The van der Waals surface area contributed by atoms with Crippen LogP contribution in [0.5, 0.6) is 0 Å². The zero-order valence-electron chi connectivity index (χ0n) is 10.2. The summed E-state index contributed by atoms with van der Waals surface area (Å²) >= 11 is 0. The molecule has 0 aliphatic heterocycles. The van der Waals surface area contributed by atoms with Gasteiger partial charge in [0, 0.05) is 19.6 Å². The fraction of sp³-hybridized carbons (Fsp3) is 0.429. The molecule has 0 unspecified atom stereocenters. The van der Waals surface area contributed by atoms with Crippen molar-refractivity contribution in [2.24, 2.45) is 0 Å². The summed E-state index contributed by atoms with van der Waals surface area (Å²) in [6.07, 6.45) is 5.16. The standard InChI is InChI=1S/C14H20N2/c1-4-9-15-10-11-16(3)12-14-8-6-5-7-13(14)2/h1,5-8,15H,9-12H2,2-3H3. The maximum Gasteiger partial charge on any atom is 0.0574 e. The van der Waals surface area contributed by atoms with Crippen molar-refractivity contribution >= 4 is 0 Å². The van der Waals surface area contributed by atoms with Gasteiger partial charge in [-0.1, -0.05) is 30.2 Å². The van der Waals surface area contributed by atoms with Crippen molar-refractivity contribution in [3.63, 3.8) is 0 Å². The first kappa shape index (κ1) is 12.8. The molecular formula is C14H20N2. The Labute approximate surface area is 98.7 Å². The minimum atomic E-state index is 0.651. The van der Waals surface area contributed by atoms with E-state index in [0.717, 1.165) is 19.6 Å². The SMILES string of the molecule is C#CCNCCN(C)Cc1ccccc1C. The van der Waals surface area contributed by atoms with Gasteiger partial charge in [0.15, 0.2) is 0 Å². The lowest BCUT2D eigenvalue weighted by Gasteiger charge is -2.17. The average molecular weight is 216 g/mol. The highest BCUT2D eigenvalue weighted by molar-refractivity contribution is 5.25. The Morgan fingerprint density at radius 3 is 2.81 bits per heavy atom. The lowest BCUT2D eigenvalue weighted by Crippen LogP contribution is -2.29. The third-order valence-electron chi connectivity index (χ3n) is 2.60. The lowest BCUT2D eigenvalue weighted by molar-refractivity contribution is 0.326. The summed E-state index contributed by atoms with van der Waals surface area (Å²) in [5, 5.41) is 3.19. The van der Waals surface area contributed by atoms with Crippen LogP contribution >= 0.6 is 0 Å². The van der Waals surface area contributed by atoms with Gasteiger partial charge in [0.2, 0.25) is 0 Å². The molecule has 0 aliphatic carbocycles.